The van der Waals surface area contributed by atoms with Crippen molar-refractivity contribution in [2.45, 2.75) is 62.7 Å². The maximum absolute atomic E-state index is 12.3. The van der Waals surface area contributed by atoms with E-state index in [4.69, 9.17) is 0 Å². The van der Waals surface area contributed by atoms with Crippen molar-refractivity contribution in [3.8, 4) is 0 Å². The van der Waals surface area contributed by atoms with Gasteiger partial charge in [-0.15, -0.1) is 0 Å². The Morgan fingerprint density at radius 1 is 1.22 bits per heavy atom. The van der Waals surface area contributed by atoms with Crippen molar-refractivity contribution in [1.82, 2.24) is 0 Å². The highest BCUT2D eigenvalue weighted by molar-refractivity contribution is 7.85. The van der Waals surface area contributed by atoms with Gasteiger partial charge < -0.3 is 5.11 Å². The van der Waals surface area contributed by atoms with Gasteiger partial charge in [0.2, 0.25) is 0 Å². The maximum atomic E-state index is 12.3. The molecule has 0 saturated heterocycles. The van der Waals surface area contributed by atoms with Gasteiger partial charge in [-0.2, -0.15) is 0 Å². The van der Waals surface area contributed by atoms with Crippen LogP contribution in [-0.2, 0) is 10.8 Å². The molecular formula is C15H24O2S. The zero-order valence-electron chi connectivity index (χ0n) is 11.6. The third-order valence-electron chi connectivity index (χ3n) is 3.24. The smallest absolute Gasteiger partial charge is 0.0684 e. The fourth-order valence-corrected chi connectivity index (χ4v) is 3.12. The molecule has 0 saturated carbocycles. The molecule has 0 aliphatic heterocycles. The molecule has 0 bridgehead atoms. The van der Waals surface area contributed by atoms with Crippen LogP contribution in [0.1, 0.15) is 45.1 Å². The number of aryl methyl sites for hydroxylation is 1. The van der Waals surface area contributed by atoms with Crippen molar-refractivity contribution in [2.75, 3.05) is 0 Å². The summed E-state index contributed by atoms with van der Waals surface area (Å²) in [5, 5.41) is 9.83. The van der Waals surface area contributed by atoms with E-state index in [9.17, 15) is 9.32 Å². The van der Waals surface area contributed by atoms with Gasteiger partial charge in [0.05, 0.1) is 22.2 Å². The van der Waals surface area contributed by atoms with Crippen LogP contribution in [0.15, 0.2) is 29.2 Å². The Morgan fingerprint density at radius 2 is 1.83 bits per heavy atom. The molecule has 0 spiro atoms. The Hall–Kier alpha value is -0.670. The van der Waals surface area contributed by atoms with Gasteiger partial charge in [-0.25, -0.2) is 0 Å². The first-order chi connectivity index (χ1) is 8.56. The lowest BCUT2D eigenvalue weighted by molar-refractivity contribution is 0.160. The minimum absolute atomic E-state index is 0.204. The molecule has 0 fully saturated rings. The van der Waals surface area contributed by atoms with E-state index in [1.165, 1.54) is 0 Å². The highest BCUT2D eigenvalue weighted by Gasteiger charge is 2.21. The van der Waals surface area contributed by atoms with Crippen LogP contribution < -0.4 is 0 Å². The third kappa shape index (κ3) is 4.54. The maximum Gasteiger partial charge on any atom is 0.0684 e. The van der Waals surface area contributed by atoms with Crippen LogP contribution in [0.5, 0.6) is 0 Å². The molecule has 1 aromatic rings. The van der Waals surface area contributed by atoms with Crippen LogP contribution in [-0.4, -0.2) is 20.7 Å². The van der Waals surface area contributed by atoms with Gasteiger partial charge in [0, 0.05) is 4.90 Å². The lowest BCUT2D eigenvalue weighted by Crippen LogP contribution is -2.27. The van der Waals surface area contributed by atoms with E-state index in [2.05, 4.69) is 6.92 Å². The zero-order valence-corrected chi connectivity index (χ0v) is 12.4. The normalized spacial score (nSPS) is 16.2. The quantitative estimate of drug-likeness (QED) is 0.769. The summed E-state index contributed by atoms with van der Waals surface area (Å²) in [6.45, 7) is 6.02. The molecule has 0 heterocycles. The fraction of sp³-hybridized carbons (Fsp3) is 0.600. The van der Waals surface area contributed by atoms with Crippen LogP contribution >= 0.6 is 0 Å². The van der Waals surface area contributed by atoms with Gasteiger partial charge in [-0.3, -0.25) is 4.21 Å². The molecule has 1 rings (SSSR count). The number of aliphatic hydroxyl groups excluding tert-OH is 1. The lowest BCUT2D eigenvalue weighted by atomic mass is 10.1. The third-order valence-corrected chi connectivity index (χ3v) is 4.96. The van der Waals surface area contributed by atoms with E-state index < -0.39 is 16.9 Å². The number of unbranched alkanes of at least 4 members (excludes halogenated alkanes) is 2. The molecule has 0 aliphatic carbocycles. The Kier molecular flexibility index (Phi) is 6.58. The lowest BCUT2D eigenvalue weighted by Gasteiger charge is -2.18. The molecule has 3 atom stereocenters. The molecule has 3 heteroatoms. The van der Waals surface area contributed by atoms with Crippen molar-refractivity contribution in [1.29, 1.82) is 0 Å². The molecule has 1 N–H and O–H groups in total. The van der Waals surface area contributed by atoms with Gasteiger partial charge in [0.25, 0.3) is 0 Å². The molecule has 0 aliphatic rings. The first-order valence-electron chi connectivity index (χ1n) is 6.71. The van der Waals surface area contributed by atoms with E-state index in [1.807, 2.05) is 38.1 Å². The van der Waals surface area contributed by atoms with Gasteiger partial charge >= 0.3 is 0 Å². The highest BCUT2D eigenvalue weighted by Crippen LogP contribution is 2.17. The Bertz CT molecular complexity index is 373. The average Bonchev–Trinajstić information content (AvgIpc) is 2.38. The molecular weight excluding hydrogens is 244 g/mol. The molecule has 18 heavy (non-hydrogen) atoms. The predicted molar refractivity (Wildman–Crippen MR) is 77.2 cm³/mol. The first-order valence-corrected chi connectivity index (χ1v) is 7.93. The number of hydrogen-bond acceptors (Lipinski definition) is 2. The van der Waals surface area contributed by atoms with E-state index >= 15 is 0 Å². The Labute approximate surface area is 113 Å². The fourth-order valence-electron chi connectivity index (χ4n) is 1.87. The van der Waals surface area contributed by atoms with Crippen molar-refractivity contribution in [3.05, 3.63) is 29.8 Å². The van der Waals surface area contributed by atoms with E-state index in [0.29, 0.717) is 0 Å². The number of hydrogen-bond donors (Lipinski definition) is 1. The summed E-state index contributed by atoms with van der Waals surface area (Å²) in [6.07, 6.45) is 3.54. The van der Waals surface area contributed by atoms with E-state index in [-0.39, 0.29) is 5.25 Å². The topological polar surface area (TPSA) is 37.3 Å². The van der Waals surface area contributed by atoms with Crippen LogP contribution in [0.3, 0.4) is 0 Å². The Balaban J connectivity index is 2.57. The van der Waals surface area contributed by atoms with Gasteiger partial charge in [0.15, 0.2) is 0 Å². The molecule has 0 radical (unpaired) electrons. The van der Waals surface area contributed by atoms with E-state index in [1.54, 1.807) is 0 Å². The first kappa shape index (κ1) is 15.4. The van der Waals surface area contributed by atoms with Crippen molar-refractivity contribution >= 4 is 10.8 Å². The second-order valence-corrected chi connectivity index (χ2v) is 6.69. The zero-order chi connectivity index (χ0) is 13.5. The van der Waals surface area contributed by atoms with Crippen molar-refractivity contribution < 1.29 is 9.32 Å². The van der Waals surface area contributed by atoms with Gasteiger partial charge in [-0.1, -0.05) is 43.9 Å². The summed E-state index contributed by atoms with van der Waals surface area (Å²) in [4.78, 5) is 0.808. The number of benzene rings is 1. The molecule has 0 aromatic heterocycles. The highest BCUT2D eigenvalue weighted by atomic mass is 32.2. The van der Waals surface area contributed by atoms with Crippen LogP contribution in [0.4, 0.5) is 0 Å². The number of rotatable bonds is 7. The van der Waals surface area contributed by atoms with Gasteiger partial charge in [-0.05, 0) is 32.4 Å². The summed E-state index contributed by atoms with van der Waals surface area (Å²) < 4.78 is 12.3. The van der Waals surface area contributed by atoms with Crippen LogP contribution in [0, 0.1) is 6.92 Å². The molecule has 2 nitrogen and oxygen atoms in total. The summed E-state index contributed by atoms with van der Waals surface area (Å²) in [5.74, 6) is 0. The number of aliphatic hydroxyl groups is 1. The van der Waals surface area contributed by atoms with Crippen molar-refractivity contribution in [2.24, 2.45) is 0 Å². The SMILES string of the molecule is CCCCC[C@H](O)C(C)S(=O)c1ccc(C)cc1. The second kappa shape index (κ2) is 7.70. The average molecular weight is 268 g/mol. The monoisotopic (exact) mass is 268 g/mol. The van der Waals surface area contributed by atoms with Crippen LogP contribution in [0.25, 0.3) is 0 Å². The summed E-state index contributed by atoms with van der Waals surface area (Å²) >= 11 is 0. The molecule has 2 unspecified atom stereocenters. The summed E-state index contributed by atoms with van der Waals surface area (Å²) in [5.41, 5.74) is 1.16. The van der Waals surface area contributed by atoms with Crippen LogP contribution in [0.2, 0.25) is 0 Å². The van der Waals surface area contributed by atoms with E-state index in [0.717, 1.165) is 36.1 Å². The molecule has 1 aromatic carbocycles. The minimum atomic E-state index is -1.12. The molecule has 0 amide bonds. The minimum Gasteiger partial charge on any atom is -0.392 e. The standard InChI is InChI=1S/C15H24O2S/c1-4-5-6-7-15(16)13(3)18(17)14-10-8-12(2)9-11-14/h8-11,13,15-16H,4-7H2,1-3H3/t13?,15-,18?/m0/s1. The summed E-state index contributed by atoms with van der Waals surface area (Å²) in [7, 11) is -1.12. The summed E-state index contributed by atoms with van der Waals surface area (Å²) in [6, 6.07) is 7.70. The Morgan fingerprint density at radius 3 is 2.39 bits per heavy atom. The largest absolute Gasteiger partial charge is 0.392 e. The van der Waals surface area contributed by atoms with Gasteiger partial charge in [0.1, 0.15) is 0 Å². The second-order valence-electron chi connectivity index (χ2n) is 4.88. The predicted octanol–water partition coefficient (Wildman–Crippen LogP) is 3.43. The van der Waals surface area contributed by atoms with Crippen molar-refractivity contribution in [3.63, 3.8) is 0 Å². The molecule has 102 valence electrons.